The first kappa shape index (κ1) is 24.4. The van der Waals surface area contributed by atoms with Crippen LogP contribution in [0.25, 0.3) is 0 Å². The molecule has 0 bridgehead atoms. The molecule has 38 heavy (non-hydrogen) atoms. The van der Waals surface area contributed by atoms with Crippen LogP contribution >= 0.6 is 23.1 Å². The topological polar surface area (TPSA) is 102 Å². The molecule has 1 N–H and O–H groups in total. The summed E-state index contributed by atoms with van der Waals surface area (Å²) in [5, 5.41) is 2.63. The van der Waals surface area contributed by atoms with Crippen molar-refractivity contribution in [3.63, 3.8) is 0 Å². The van der Waals surface area contributed by atoms with Gasteiger partial charge in [0.1, 0.15) is 17.6 Å². The van der Waals surface area contributed by atoms with E-state index in [2.05, 4.69) is 5.32 Å². The molecule has 4 aromatic rings. The van der Waals surface area contributed by atoms with Crippen molar-refractivity contribution in [2.45, 2.75) is 36.6 Å². The lowest BCUT2D eigenvalue weighted by atomic mass is 9.87. The van der Waals surface area contributed by atoms with Crippen LogP contribution in [0.4, 0.5) is 11.4 Å². The van der Waals surface area contributed by atoms with Crippen molar-refractivity contribution < 1.29 is 18.8 Å². The van der Waals surface area contributed by atoms with Crippen molar-refractivity contribution in [3.8, 4) is 0 Å². The van der Waals surface area contributed by atoms with Gasteiger partial charge in [0.2, 0.25) is 17.7 Å². The number of rotatable bonds is 5. The van der Waals surface area contributed by atoms with Crippen molar-refractivity contribution in [3.05, 3.63) is 98.4 Å². The van der Waals surface area contributed by atoms with E-state index in [1.807, 2.05) is 44.2 Å². The zero-order chi connectivity index (χ0) is 26.6. The van der Waals surface area contributed by atoms with E-state index < -0.39 is 17.1 Å². The maximum atomic E-state index is 13.8. The average molecular weight is 546 g/mol. The molecule has 10 heteroatoms. The van der Waals surface area contributed by atoms with Crippen LogP contribution in [0.1, 0.15) is 27.7 Å². The Hall–Kier alpha value is -3.89. The predicted molar refractivity (Wildman–Crippen MR) is 146 cm³/mol. The summed E-state index contributed by atoms with van der Waals surface area (Å²) >= 11 is 2.17. The highest BCUT2D eigenvalue weighted by atomic mass is 32.2. The number of anilines is 2. The second-order valence-corrected chi connectivity index (χ2v) is 11.5. The summed E-state index contributed by atoms with van der Waals surface area (Å²) in [6, 6.07) is 18.1. The quantitative estimate of drug-likeness (QED) is 0.369. The van der Waals surface area contributed by atoms with Crippen LogP contribution in [0.15, 0.2) is 81.2 Å². The summed E-state index contributed by atoms with van der Waals surface area (Å²) in [6.45, 7) is 3.62. The molecule has 3 amide bonds. The van der Waals surface area contributed by atoms with E-state index in [0.29, 0.717) is 27.0 Å². The first-order valence-electron chi connectivity index (χ1n) is 12.1. The molecule has 1 saturated heterocycles. The number of nitrogens with one attached hydrogen (secondary N) is 1. The van der Waals surface area contributed by atoms with Gasteiger partial charge in [-0.15, -0.1) is 0 Å². The average Bonchev–Trinajstić information content (AvgIpc) is 3.59. The van der Waals surface area contributed by atoms with Gasteiger partial charge in [0, 0.05) is 5.69 Å². The van der Waals surface area contributed by atoms with E-state index in [0.717, 1.165) is 22.5 Å². The zero-order valence-corrected chi connectivity index (χ0v) is 22.2. The Labute approximate surface area is 226 Å². The fourth-order valence-electron chi connectivity index (χ4n) is 5.02. The minimum Gasteiger partial charge on any atom is -0.469 e. The summed E-state index contributed by atoms with van der Waals surface area (Å²) in [4.78, 5) is 55.1. The van der Waals surface area contributed by atoms with E-state index in [4.69, 9.17) is 4.42 Å². The molecule has 0 unspecified atom stereocenters. The van der Waals surface area contributed by atoms with Crippen LogP contribution in [0.3, 0.4) is 0 Å². The molecule has 0 aliphatic carbocycles. The highest BCUT2D eigenvalue weighted by molar-refractivity contribution is 8.00. The lowest BCUT2D eigenvalue weighted by molar-refractivity contribution is -0.122. The Morgan fingerprint density at radius 2 is 1.74 bits per heavy atom. The first-order chi connectivity index (χ1) is 18.3. The fraction of sp³-hybridized carbons (Fsp3) is 0.214. The zero-order valence-electron chi connectivity index (χ0n) is 20.5. The number of thiazole rings is 1. The Morgan fingerprint density at radius 3 is 2.45 bits per heavy atom. The summed E-state index contributed by atoms with van der Waals surface area (Å²) in [6.07, 6.45) is 1.51. The molecule has 1 fully saturated rings. The molecule has 0 saturated carbocycles. The molecule has 8 nitrogen and oxygen atoms in total. The second kappa shape index (κ2) is 9.45. The molecule has 4 heterocycles. The van der Waals surface area contributed by atoms with Crippen LogP contribution < -0.4 is 15.1 Å². The molecule has 2 aliphatic rings. The number of fused-ring (bicyclic) bond motifs is 2. The smallest absolute Gasteiger partial charge is 0.308 e. The number of nitrogens with zero attached hydrogens (tertiary/aromatic N) is 2. The highest BCUT2D eigenvalue weighted by Gasteiger charge is 2.57. The van der Waals surface area contributed by atoms with Crippen LogP contribution in [-0.2, 0) is 20.9 Å². The molecule has 6 rings (SSSR count). The lowest BCUT2D eigenvalue weighted by Crippen LogP contribution is -2.32. The van der Waals surface area contributed by atoms with Gasteiger partial charge in [0.25, 0.3) is 0 Å². The minimum atomic E-state index is -0.758. The normalized spacial score (nSPS) is 20.4. The van der Waals surface area contributed by atoms with Gasteiger partial charge < -0.3 is 9.73 Å². The molecule has 192 valence electrons. The molecule has 2 aromatic heterocycles. The maximum absolute atomic E-state index is 13.8. The number of hydrogen-bond donors (Lipinski definition) is 1. The lowest BCUT2D eigenvalue weighted by Gasteiger charge is -2.29. The summed E-state index contributed by atoms with van der Waals surface area (Å²) in [7, 11) is 0. The number of amides is 3. The third-order valence-electron chi connectivity index (χ3n) is 6.91. The van der Waals surface area contributed by atoms with E-state index >= 15 is 0 Å². The van der Waals surface area contributed by atoms with Crippen LogP contribution in [0.2, 0.25) is 0 Å². The third kappa shape index (κ3) is 4.00. The molecule has 2 aromatic carbocycles. The summed E-state index contributed by atoms with van der Waals surface area (Å²) < 4.78 is 7.13. The van der Waals surface area contributed by atoms with Gasteiger partial charge in [0.05, 0.1) is 33.7 Å². The Bertz CT molecular complexity index is 1620. The molecule has 0 radical (unpaired) electrons. The van der Waals surface area contributed by atoms with Crippen molar-refractivity contribution in [2.24, 2.45) is 5.92 Å². The van der Waals surface area contributed by atoms with Gasteiger partial charge in [0.15, 0.2) is 0 Å². The third-order valence-corrected chi connectivity index (χ3v) is 9.52. The van der Waals surface area contributed by atoms with Crippen molar-refractivity contribution in [1.82, 2.24) is 4.57 Å². The number of aromatic nitrogens is 1. The SMILES string of the molecule is Cc1ccc(N2C(=O)[C@H]3[C@H](c4ccco4)c4sc(=O)n(CC(=O)Nc5ccccc5C)c4S[C@H]3C2=O)cc1. The molecule has 0 spiro atoms. The van der Waals surface area contributed by atoms with Crippen molar-refractivity contribution in [2.75, 3.05) is 10.2 Å². The second-order valence-electron chi connectivity index (χ2n) is 9.39. The number of carbonyl (C=O) groups is 3. The first-order valence-corrected chi connectivity index (χ1v) is 13.8. The number of hydrogen-bond acceptors (Lipinski definition) is 7. The summed E-state index contributed by atoms with van der Waals surface area (Å²) in [5.41, 5.74) is 3.10. The largest absolute Gasteiger partial charge is 0.469 e. The van der Waals surface area contributed by atoms with Gasteiger partial charge in [-0.25, -0.2) is 4.90 Å². The van der Waals surface area contributed by atoms with Crippen LogP contribution in [-0.4, -0.2) is 27.5 Å². The molecule has 2 aliphatic heterocycles. The van der Waals surface area contributed by atoms with Gasteiger partial charge >= 0.3 is 4.87 Å². The number of imide groups is 1. The standard InChI is InChI=1S/C28H23N3O5S2/c1-15-9-11-17(12-10-15)31-25(33)22-21(19-8-5-13-36-19)24-27(37-23(22)26(31)34)30(28(35)38-24)14-20(32)29-18-7-4-3-6-16(18)2/h3-13,21-23H,14H2,1-2H3,(H,29,32)/t21-,22-,23+/m0/s1. The van der Waals surface area contributed by atoms with Gasteiger partial charge in [-0.3, -0.25) is 23.7 Å². The Kier molecular flexibility index (Phi) is 6.08. The number of carbonyl (C=O) groups excluding carboxylic acids is 3. The van der Waals surface area contributed by atoms with Crippen molar-refractivity contribution in [1.29, 1.82) is 0 Å². The molecular formula is C28H23N3O5S2. The Morgan fingerprint density at radius 1 is 0.974 bits per heavy atom. The van der Waals surface area contributed by atoms with E-state index in [1.54, 1.807) is 30.3 Å². The minimum absolute atomic E-state index is 0.210. The number of benzene rings is 2. The van der Waals surface area contributed by atoms with Crippen LogP contribution in [0, 0.1) is 19.8 Å². The Balaban J connectivity index is 1.39. The number of thioether (sulfide) groups is 1. The molecular weight excluding hydrogens is 522 g/mol. The van der Waals surface area contributed by atoms with E-state index in [1.165, 1.54) is 27.5 Å². The number of para-hydroxylation sites is 1. The molecule has 3 atom stereocenters. The fourth-order valence-corrected chi connectivity index (χ4v) is 7.78. The summed E-state index contributed by atoms with van der Waals surface area (Å²) in [5.74, 6) is -1.87. The predicted octanol–water partition coefficient (Wildman–Crippen LogP) is 4.55. The monoisotopic (exact) mass is 545 g/mol. The number of furan rings is 1. The maximum Gasteiger partial charge on any atom is 0.308 e. The van der Waals surface area contributed by atoms with Gasteiger partial charge in [-0.1, -0.05) is 59.0 Å². The van der Waals surface area contributed by atoms with Gasteiger partial charge in [-0.05, 0) is 49.7 Å². The highest BCUT2D eigenvalue weighted by Crippen LogP contribution is 2.53. The van der Waals surface area contributed by atoms with E-state index in [-0.39, 0.29) is 29.1 Å². The van der Waals surface area contributed by atoms with Crippen molar-refractivity contribution >= 4 is 52.2 Å². The van der Waals surface area contributed by atoms with E-state index in [9.17, 15) is 19.2 Å². The van der Waals surface area contributed by atoms with Gasteiger partial charge in [-0.2, -0.15) is 0 Å². The van der Waals surface area contributed by atoms with Crippen LogP contribution in [0.5, 0.6) is 0 Å². The number of aryl methyl sites for hydroxylation is 2.